The van der Waals surface area contributed by atoms with Crippen LogP contribution in [-0.2, 0) is 0 Å². The number of likely N-dealkylation sites (tertiary alicyclic amines) is 1. The maximum Gasteiger partial charge on any atom is 0.336 e. The number of piperidine rings is 1. The number of carbonyl (C=O) groups excluding carboxylic acids is 1. The summed E-state index contributed by atoms with van der Waals surface area (Å²) in [6.07, 6.45) is 3.83. The highest BCUT2D eigenvalue weighted by atomic mass is 16.5. The van der Waals surface area contributed by atoms with Gasteiger partial charge in [-0.25, -0.2) is 4.79 Å². The summed E-state index contributed by atoms with van der Waals surface area (Å²) in [5, 5.41) is 9.23. The first-order chi connectivity index (χ1) is 12.6. The van der Waals surface area contributed by atoms with E-state index in [0.29, 0.717) is 17.9 Å². The lowest BCUT2D eigenvalue weighted by atomic mass is 9.98. The summed E-state index contributed by atoms with van der Waals surface area (Å²) in [5.74, 6) is -0.695. The Hall–Kier alpha value is -2.66. The van der Waals surface area contributed by atoms with Crippen LogP contribution in [0.1, 0.15) is 45.5 Å². The van der Waals surface area contributed by atoms with Gasteiger partial charge in [0.1, 0.15) is 12.4 Å². The van der Waals surface area contributed by atoms with Gasteiger partial charge in [-0.2, -0.15) is 0 Å². The van der Waals surface area contributed by atoms with Crippen molar-refractivity contribution in [2.45, 2.75) is 19.3 Å². The molecule has 26 heavy (non-hydrogen) atoms. The standard InChI is InChI=1S/C21H23NO4/c23-20(18-6-2-3-7-19(18)21(24)25)16-8-10-17(11-9-16)26-15-14-22-12-4-1-5-13-22/h2-3,6-11H,1,4-5,12-15H2,(H,24,25). The van der Waals surface area contributed by atoms with Crippen LogP contribution in [0, 0.1) is 0 Å². The van der Waals surface area contributed by atoms with E-state index in [1.54, 1.807) is 36.4 Å². The molecule has 1 aliphatic heterocycles. The fourth-order valence-corrected chi connectivity index (χ4v) is 3.20. The van der Waals surface area contributed by atoms with Gasteiger partial charge in [-0.15, -0.1) is 0 Å². The first-order valence-electron chi connectivity index (χ1n) is 8.97. The van der Waals surface area contributed by atoms with Gasteiger partial charge in [0.05, 0.1) is 5.56 Å². The van der Waals surface area contributed by atoms with Crippen LogP contribution in [0.15, 0.2) is 48.5 Å². The summed E-state index contributed by atoms with van der Waals surface area (Å²) < 4.78 is 5.76. The molecule has 0 spiro atoms. The van der Waals surface area contributed by atoms with Crippen molar-refractivity contribution in [1.29, 1.82) is 0 Å². The fraction of sp³-hybridized carbons (Fsp3) is 0.333. The summed E-state index contributed by atoms with van der Waals surface area (Å²) in [6.45, 7) is 3.81. The van der Waals surface area contributed by atoms with E-state index in [4.69, 9.17) is 4.74 Å². The third-order valence-corrected chi connectivity index (χ3v) is 4.64. The van der Waals surface area contributed by atoms with Crippen molar-refractivity contribution in [2.75, 3.05) is 26.2 Å². The lowest BCUT2D eigenvalue weighted by Gasteiger charge is -2.26. The number of ketones is 1. The second-order valence-corrected chi connectivity index (χ2v) is 6.46. The van der Waals surface area contributed by atoms with E-state index in [2.05, 4.69) is 4.90 Å². The monoisotopic (exact) mass is 353 g/mol. The molecule has 1 saturated heterocycles. The maximum atomic E-state index is 12.6. The normalized spacial score (nSPS) is 14.8. The molecule has 0 aromatic heterocycles. The SMILES string of the molecule is O=C(O)c1ccccc1C(=O)c1ccc(OCCN2CCCCC2)cc1. The Kier molecular flexibility index (Phi) is 6.02. The van der Waals surface area contributed by atoms with Crippen LogP contribution in [-0.4, -0.2) is 48.0 Å². The third-order valence-electron chi connectivity index (χ3n) is 4.64. The first-order valence-corrected chi connectivity index (χ1v) is 8.97. The number of hydrogen-bond donors (Lipinski definition) is 1. The van der Waals surface area contributed by atoms with Crippen molar-refractivity contribution in [3.05, 3.63) is 65.2 Å². The van der Waals surface area contributed by atoms with Crippen LogP contribution >= 0.6 is 0 Å². The molecule has 0 saturated carbocycles. The van der Waals surface area contributed by atoms with Crippen LogP contribution in [0.5, 0.6) is 5.75 Å². The van der Waals surface area contributed by atoms with Gasteiger partial charge in [-0.3, -0.25) is 9.69 Å². The second kappa shape index (κ2) is 8.63. The Morgan fingerprint density at radius 2 is 1.58 bits per heavy atom. The molecule has 5 heteroatoms. The van der Waals surface area contributed by atoms with E-state index in [1.807, 2.05) is 0 Å². The molecule has 0 aliphatic carbocycles. The molecule has 1 aliphatic rings. The van der Waals surface area contributed by atoms with Crippen molar-refractivity contribution in [1.82, 2.24) is 4.90 Å². The van der Waals surface area contributed by atoms with Gasteiger partial charge in [-0.1, -0.05) is 24.6 Å². The molecule has 2 aromatic rings. The predicted octanol–water partition coefficient (Wildman–Crippen LogP) is 3.48. The van der Waals surface area contributed by atoms with Crippen molar-refractivity contribution >= 4 is 11.8 Å². The third kappa shape index (κ3) is 4.49. The minimum Gasteiger partial charge on any atom is -0.492 e. The van der Waals surface area contributed by atoms with Gasteiger partial charge in [0.2, 0.25) is 0 Å². The molecule has 1 heterocycles. The van der Waals surface area contributed by atoms with E-state index < -0.39 is 5.97 Å². The summed E-state index contributed by atoms with van der Waals surface area (Å²) in [5.41, 5.74) is 0.653. The molecule has 136 valence electrons. The quantitative estimate of drug-likeness (QED) is 0.772. The van der Waals surface area contributed by atoms with Gasteiger partial charge in [0.25, 0.3) is 0 Å². The van der Waals surface area contributed by atoms with Crippen molar-refractivity contribution in [3.63, 3.8) is 0 Å². The highest BCUT2D eigenvalue weighted by Gasteiger charge is 2.17. The number of hydrogen-bond acceptors (Lipinski definition) is 4. The van der Waals surface area contributed by atoms with Gasteiger partial charge < -0.3 is 9.84 Å². The first kappa shape index (κ1) is 18.1. The zero-order chi connectivity index (χ0) is 18.4. The summed E-state index contributed by atoms with van der Waals surface area (Å²) in [6, 6.07) is 13.1. The Bertz CT molecular complexity index is 764. The number of carboxylic acids is 1. The van der Waals surface area contributed by atoms with E-state index in [0.717, 1.165) is 19.6 Å². The Labute approximate surface area is 153 Å². The van der Waals surface area contributed by atoms with Crippen molar-refractivity contribution in [3.8, 4) is 5.75 Å². The maximum absolute atomic E-state index is 12.6. The summed E-state index contributed by atoms with van der Waals surface area (Å²) >= 11 is 0. The number of carboxylic acid groups (broad SMARTS) is 1. The Balaban J connectivity index is 1.60. The van der Waals surface area contributed by atoms with Crippen molar-refractivity contribution in [2.24, 2.45) is 0 Å². The zero-order valence-electron chi connectivity index (χ0n) is 14.7. The number of carbonyl (C=O) groups is 2. The van der Waals surface area contributed by atoms with E-state index in [1.165, 1.54) is 31.4 Å². The average molecular weight is 353 g/mol. The molecule has 0 amide bonds. The minimum absolute atomic E-state index is 0.0133. The van der Waals surface area contributed by atoms with E-state index in [-0.39, 0.29) is 16.9 Å². The number of ether oxygens (including phenoxy) is 1. The molecule has 0 unspecified atom stereocenters. The molecular formula is C21H23NO4. The number of aromatic carboxylic acids is 1. The van der Waals surface area contributed by atoms with Crippen LogP contribution < -0.4 is 4.74 Å². The van der Waals surface area contributed by atoms with Crippen LogP contribution in [0.3, 0.4) is 0 Å². The van der Waals surface area contributed by atoms with Crippen LogP contribution in [0.2, 0.25) is 0 Å². The van der Waals surface area contributed by atoms with Gasteiger partial charge >= 0.3 is 5.97 Å². The van der Waals surface area contributed by atoms with Gasteiger partial charge in [-0.05, 0) is 56.3 Å². The van der Waals surface area contributed by atoms with Crippen molar-refractivity contribution < 1.29 is 19.4 Å². The molecule has 5 nitrogen and oxygen atoms in total. The largest absolute Gasteiger partial charge is 0.492 e. The topological polar surface area (TPSA) is 66.8 Å². The molecule has 1 N–H and O–H groups in total. The van der Waals surface area contributed by atoms with Crippen LogP contribution in [0.25, 0.3) is 0 Å². The summed E-state index contributed by atoms with van der Waals surface area (Å²) in [4.78, 5) is 26.3. The lowest BCUT2D eigenvalue weighted by Crippen LogP contribution is -2.33. The summed E-state index contributed by atoms with van der Waals surface area (Å²) in [7, 11) is 0. The van der Waals surface area contributed by atoms with E-state index >= 15 is 0 Å². The highest BCUT2D eigenvalue weighted by Crippen LogP contribution is 2.18. The number of nitrogens with zero attached hydrogens (tertiary/aromatic N) is 1. The highest BCUT2D eigenvalue weighted by molar-refractivity contribution is 6.14. The molecule has 0 bridgehead atoms. The average Bonchev–Trinajstić information content (AvgIpc) is 2.69. The molecule has 1 fully saturated rings. The molecule has 3 rings (SSSR count). The fourth-order valence-electron chi connectivity index (χ4n) is 3.20. The molecular weight excluding hydrogens is 330 g/mol. The Morgan fingerprint density at radius 1 is 0.923 bits per heavy atom. The van der Waals surface area contributed by atoms with Gasteiger partial charge in [0, 0.05) is 17.7 Å². The Morgan fingerprint density at radius 3 is 2.23 bits per heavy atom. The number of rotatable bonds is 7. The van der Waals surface area contributed by atoms with E-state index in [9.17, 15) is 14.7 Å². The lowest BCUT2D eigenvalue weighted by molar-refractivity contribution is 0.0693. The second-order valence-electron chi connectivity index (χ2n) is 6.46. The molecule has 0 atom stereocenters. The molecule has 0 radical (unpaired) electrons. The molecule has 2 aromatic carbocycles. The zero-order valence-corrected chi connectivity index (χ0v) is 14.7. The van der Waals surface area contributed by atoms with Gasteiger partial charge in [0.15, 0.2) is 5.78 Å². The number of benzene rings is 2. The van der Waals surface area contributed by atoms with Crippen LogP contribution in [0.4, 0.5) is 0 Å². The predicted molar refractivity (Wildman–Crippen MR) is 99.1 cm³/mol. The minimum atomic E-state index is -1.10. The smallest absolute Gasteiger partial charge is 0.336 e.